The summed E-state index contributed by atoms with van der Waals surface area (Å²) in [5.41, 5.74) is 0.539. The fourth-order valence-electron chi connectivity index (χ4n) is 2.07. The second-order valence-electron chi connectivity index (χ2n) is 5.14. The summed E-state index contributed by atoms with van der Waals surface area (Å²) in [5, 5.41) is 8.15. The summed E-state index contributed by atoms with van der Waals surface area (Å²) in [7, 11) is -3.92. The van der Waals surface area contributed by atoms with Crippen molar-refractivity contribution >= 4 is 27.5 Å². The number of primary sulfonamides is 1. The fourth-order valence-corrected chi connectivity index (χ4v) is 3.18. The van der Waals surface area contributed by atoms with Gasteiger partial charge in [0.05, 0.1) is 4.90 Å². The number of carbonyl (C=O) groups excluding carboxylic acids is 1. The van der Waals surface area contributed by atoms with Crippen molar-refractivity contribution < 1.29 is 13.2 Å². The molecule has 0 saturated carbocycles. The van der Waals surface area contributed by atoms with Crippen molar-refractivity contribution in [3.05, 3.63) is 28.3 Å². The SMILES string of the molecule is CCCCC(C)NC(=O)c1cc(Cl)cc(S(N)(=O)=O)c1C. The molecule has 5 nitrogen and oxygen atoms in total. The van der Waals surface area contributed by atoms with Gasteiger partial charge < -0.3 is 5.32 Å². The molecule has 0 heterocycles. The van der Waals surface area contributed by atoms with Crippen molar-refractivity contribution in [1.29, 1.82) is 0 Å². The summed E-state index contributed by atoms with van der Waals surface area (Å²) in [4.78, 5) is 12.1. The molecule has 0 radical (unpaired) electrons. The maximum absolute atomic E-state index is 12.3. The molecule has 0 aliphatic carbocycles. The van der Waals surface area contributed by atoms with Crippen LogP contribution in [0.25, 0.3) is 0 Å². The number of hydrogen-bond donors (Lipinski definition) is 2. The number of unbranched alkanes of at least 4 members (excludes halogenated alkanes) is 1. The van der Waals surface area contributed by atoms with E-state index in [4.69, 9.17) is 16.7 Å². The molecule has 0 fully saturated rings. The molecule has 21 heavy (non-hydrogen) atoms. The highest BCUT2D eigenvalue weighted by Gasteiger charge is 2.20. The fraction of sp³-hybridized carbons (Fsp3) is 0.500. The molecule has 0 aromatic heterocycles. The van der Waals surface area contributed by atoms with Crippen molar-refractivity contribution in [2.75, 3.05) is 0 Å². The van der Waals surface area contributed by atoms with E-state index in [1.54, 1.807) is 6.92 Å². The minimum Gasteiger partial charge on any atom is -0.350 e. The van der Waals surface area contributed by atoms with Crippen molar-refractivity contribution in [2.24, 2.45) is 5.14 Å². The van der Waals surface area contributed by atoms with Gasteiger partial charge in [-0.05, 0) is 38.0 Å². The summed E-state index contributed by atoms with van der Waals surface area (Å²) in [6.45, 7) is 5.53. The first-order valence-corrected chi connectivity index (χ1v) is 8.73. The minimum absolute atomic E-state index is 0.00812. The lowest BCUT2D eigenvalue weighted by atomic mass is 10.1. The van der Waals surface area contributed by atoms with E-state index < -0.39 is 10.0 Å². The smallest absolute Gasteiger partial charge is 0.251 e. The topological polar surface area (TPSA) is 89.3 Å². The Morgan fingerprint density at radius 1 is 1.43 bits per heavy atom. The van der Waals surface area contributed by atoms with Gasteiger partial charge in [-0.25, -0.2) is 13.6 Å². The van der Waals surface area contributed by atoms with Crippen LogP contribution >= 0.6 is 11.6 Å². The van der Waals surface area contributed by atoms with Gasteiger partial charge in [0.15, 0.2) is 0 Å². The van der Waals surface area contributed by atoms with E-state index in [9.17, 15) is 13.2 Å². The van der Waals surface area contributed by atoms with Crippen molar-refractivity contribution in [3.8, 4) is 0 Å². The Labute approximate surface area is 130 Å². The second-order valence-corrected chi connectivity index (χ2v) is 7.10. The monoisotopic (exact) mass is 332 g/mol. The van der Waals surface area contributed by atoms with Crippen LogP contribution in [0.5, 0.6) is 0 Å². The number of rotatable bonds is 6. The zero-order valence-electron chi connectivity index (χ0n) is 12.4. The Morgan fingerprint density at radius 3 is 2.57 bits per heavy atom. The molecule has 1 unspecified atom stereocenters. The number of benzene rings is 1. The van der Waals surface area contributed by atoms with E-state index in [0.29, 0.717) is 5.56 Å². The molecule has 1 amide bonds. The van der Waals surface area contributed by atoms with Crippen LogP contribution in [0.15, 0.2) is 17.0 Å². The first-order chi connectivity index (χ1) is 9.66. The zero-order chi connectivity index (χ0) is 16.2. The lowest BCUT2D eigenvalue weighted by Crippen LogP contribution is -2.33. The summed E-state index contributed by atoms with van der Waals surface area (Å²) < 4.78 is 23.1. The Kier molecular flexibility index (Phi) is 6.19. The number of sulfonamides is 1. The molecule has 0 saturated heterocycles. The van der Waals surface area contributed by atoms with Crippen LogP contribution in [0.3, 0.4) is 0 Å². The molecule has 1 rings (SSSR count). The van der Waals surface area contributed by atoms with Crippen LogP contribution in [0.2, 0.25) is 5.02 Å². The Bertz CT molecular complexity index is 629. The molecule has 0 aliphatic rings. The third-order valence-electron chi connectivity index (χ3n) is 3.24. The molecule has 118 valence electrons. The maximum atomic E-state index is 12.3. The number of carbonyl (C=O) groups is 1. The molecule has 1 aromatic rings. The molecule has 1 aromatic carbocycles. The number of nitrogens with one attached hydrogen (secondary N) is 1. The molecule has 1 atom stereocenters. The summed E-state index contributed by atoms with van der Waals surface area (Å²) in [5.74, 6) is -0.344. The molecule has 3 N–H and O–H groups in total. The largest absolute Gasteiger partial charge is 0.350 e. The number of nitrogens with two attached hydrogens (primary N) is 1. The highest BCUT2D eigenvalue weighted by atomic mass is 35.5. The summed E-state index contributed by atoms with van der Waals surface area (Å²) >= 11 is 5.89. The predicted molar refractivity (Wildman–Crippen MR) is 84.0 cm³/mol. The first kappa shape index (κ1) is 17.9. The maximum Gasteiger partial charge on any atom is 0.251 e. The van der Waals surface area contributed by atoms with Gasteiger partial charge in [0.25, 0.3) is 5.91 Å². The summed E-state index contributed by atoms with van der Waals surface area (Å²) in [6.07, 6.45) is 2.92. The Hall–Kier alpha value is -1.11. The summed E-state index contributed by atoms with van der Waals surface area (Å²) in [6, 6.07) is 2.71. The standard InChI is InChI=1S/C14H21ClN2O3S/c1-4-5-6-9(2)17-14(18)12-7-11(15)8-13(10(12)3)21(16,19)20/h7-9H,4-6H2,1-3H3,(H,17,18)(H2,16,19,20). The van der Waals surface area contributed by atoms with Crippen LogP contribution in [-0.4, -0.2) is 20.4 Å². The van der Waals surface area contributed by atoms with Crippen LogP contribution in [0.4, 0.5) is 0 Å². The second kappa shape index (κ2) is 7.24. The van der Waals surface area contributed by atoms with Crippen LogP contribution in [0.1, 0.15) is 49.0 Å². The third kappa shape index (κ3) is 4.98. The highest BCUT2D eigenvalue weighted by Crippen LogP contribution is 2.23. The zero-order valence-corrected chi connectivity index (χ0v) is 14.0. The van der Waals surface area contributed by atoms with E-state index >= 15 is 0 Å². The van der Waals surface area contributed by atoms with E-state index in [0.717, 1.165) is 19.3 Å². The molecule has 0 spiro atoms. The van der Waals surface area contributed by atoms with E-state index in [2.05, 4.69) is 12.2 Å². The van der Waals surface area contributed by atoms with Crippen LogP contribution in [0, 0.1) is 6.92 Å². The Morgan fingerprint density at radius 2 is 2.05 bits per heavy atom. The predicted octanol–water partition coefficient (Wildman–Crippen LogP) is 2.60. The average molecular weight is 333 g/mol. The first-order valence-electron chi connectivity index (χ1n) is 6.80. The Balaban J connectivity index is 3.08. The lowest BCUT2D eigenvalue weighted by molar-refractivity contribution is 0.0937. The molecular formula is C14H21ClN2O3S. The molecule has 0 bridgehead atoms. The van der Waals surface area contributed by atoms with Crippen LogP contribution in [-0.2, 0) is 10.0 Å². The van der Waals surface area contributed by atoms with Gasteiger partial charge in [-0.15, -0.1) is 0 Å². The van der Waals surface area contributed by atoms with Gasteiger partial charge in [0.1, 0.15) is 0 Å². The number of hydrogen-bond acceptors (Lipinski definition) is 3. The van der Waals surface area contributed by atoms with Crippen molar-refractivity contribution in [2.45, 2.75) is 51.0 Å². The van der Waals surface area contributed by atoms with E-state index in [-0.39, 0.29) is 27.4 Å². The van der Waals surface area contributed by atoms with Gasteiger partial charge in [-0.1, -0.05) is 31.4 Å². The average Bonchev–Trinajstić information content (AvgIpc) is 2.37. The van der Waals surface area contributed by atoms with Gasteiger partial charge >= 0.3 is 0 Å². The van der Waals surface area contributed by atoms with Gasteiger partial charge in [0.2, 0.25) is 10.0 Å². The van der Waals surface area contributed by atoms with Crippen LogP contribution < -0.4 is 10.5 Å². The molecule has 7 heteroatoms. The van der Waals surface area contributed by atoms with Crippen molar-refractivity contribution in [3.63, 3.8) is 0 Å². The number of halogens is 1. The van der Waals surface area contributed by atoms with E-state index in [1.165, 1.54) is 12.1 Å². The van der Waals surface area contributed by atoms with Gasteiger partial charge in [-0.2, -0.15) is 0 Å². The normalized spacial score (nSPS) is 13.0. The van der Waals surface area contributed by atoms with E-state index in [1.807, 2.05) is 6.92 Å². The van der Waals surface area contributed by atoms with Gasteiger partial charge in [-0.3, -0.25) is 4.79 Å². The van der Waals surface area contributed by atoms with Gasteiger partial charge in [0, 0.05) is 16.6 Å². The van der Waals surface area contributed by atoms with Crippen molar-refractivity contribution in [1.82, 2.24) is 5.32 Å². The number of amides is 1. The minimum atomic E-state index is -3.92. The third-order valence-corrected chi connectivity index (χ3v) is 4.50. The molecule has 0 aliphatic heterocycles. The lowest BCUT2D eigenvalue weighted by Gasteiger charge is -2.16. The highest BCUT2D eigenvalue weighted by molar-refractivity contribution is 7.89. The quantitative estimate of drug-likeness (QED) is 0.839. The molecular weight excluding hydrogens is 312 g/mol.